The predicted molar refractivity (Wildman–Crippen MR) is 75.0 cm³/mol. The molecule has 1 N–H and O–H groups in total. The Morgan fingerprint density at radius 1 is 1.38 bits per heavy atom. The van der Waals surface area contributed by atoms with Crippen LogP contribution in [0, 0.1) is 6.92 Å². The van der Waals surface area contributed by atoms with Crippen LogP contribution in [0.25, 0.3) is 0 Å². The molecule has 0 atom stereocenters. The lowest BCUT2D eigenvalue weighted by Gasteiger charge is -2.13. The molecule has 0 spiro atoms. The van der Waals surface area contributed by atoms with Crippen LogP contribution in [0.1, 0.15) is 21.6 Å². The lowest BCUT2D eigenvalue weighted by Crippen LogP contribution is -2.19. The van der Waals surface area contributed by atoms with Gasteiger partial charge in [-0.15, -0.1) is 0 Å². The summed E-state index contributed by atoms with van der Waals surface area (Å²) in [4.78, 5) is 12.1. The highest BCUT2D eigenvalue weighted by molar-refractivity contribution is 9.10. The summed E-state index contributed by atoms with van der Waals surface area (Å²) >= 11 is 2.97. The van der Waals surface area contributed by atoms with Crippen LogP contribution in [0.4, 0.5) is 18.9 Å². The van der Waals surface area contributed by atoms with E-state index in [9.17, 15) is 18.0 Å². The number of nitrogens with zero attached hydrogens (tertiary/aromatic N) is 2. The molecule has 2 aromatic rings. The minimum absolute atomic E-state index is 0.254. The van der Waals surface area contributed by atoms with Crippen LogP contribution < -0.4 is 5.32 Å². The number of rotatable bonds is 2. The number of benzene rings is 1. The Balaban J connectivity index is 2.38. The topological polar surface area (TPSA) is 46.9 Å². The van der Waals surface area contributed by atoms with Crippen molar-refractivity contribution in [1.29, 1.82) is 0 Å². The van der Waals surface area contributed by atoms with E-state index in [1.54, 1.807) is 14.0 Å². The molecule has 1 aromatic heterocycles. The quantitative estimate of drug-likeness (QED) is 0.884. The van der Waals surface area contributed by atoms with Crippen molar-refractivity contribution in [2.75, 3.05) is 5.32 Å². The number of aryl methyl sites for hydroxylation is 2. The predicted octanol–water partition coefficient (Wildman–Crippen LogP) is 3.76. The first-order chi connectivity index (χ1) is 9.68. The molecule has 1 heterocycles. The third-order valence-corrected chi connectivity index (χ3v) is 3.29. The van der Waals surface area contributed by atoms with Crippen molar-refractivity contribution in [2.45, 2.75) is 13.1 Å². The van der Waals surface area contributed by atoms with Crippen molar-refractivity contribution in [2.24, 2.45) is 7.05 Å². The van der Waals surface area contributed by atoms with Gasteiger partial charge in [0, 0.05) is 17.7 Å². The van der Waals surface area contributed by atoms with Crippen molar-refractivity contribution < 1.29 is 18.0 Å². The summed E-state index contributed by atoms with van der Waals surface area (Å²) in [6, 6.07) is 3.40. The number of anilines is 1. The van der Waals surface area contributed by atoms with Gasteiger partial charge in [-0.1, -0.05) is 15.9 Å². The standard InChI is InChI=1S/C13H11BrF3N3O/c1-7-11(6-20(2)19-7)18-12(21)9-4-3-8(14)5-10(9)13(15,16)17/h3-6H,1-2H3,(H,18,21). The molecule has 112 valence electrons. The minimum atomic E-state index is -4.61. The van der Waals surface area contributed by atoms with E-state index in [1.165, 1.54) is 16.9 Å². The molecule has 2 rings (SSSR count). The maximum Gasteiger partial charge on any atom is 0.417 e. The molecule has 0 aliphatic rings. The van der Waals surface area contributed by atoms with Crippen molar-refractivity contribution in [3.05, 3.63) is 45.7 Å². The van der Waals surface area contributed by atoms with Crippen LogP contribution in [0.5, 0.6) is 0 Å². The molecule has 0 aliphatic carbocycles. The molecule has 0 fully saturated rings. The summed E-state index contributed by atoms with van der Waals surface area (Å²) in [6.07, 6.45) is -3.08. The number of halogens is 4. The van der Waals surface area contributed by atoms with Crippen LogP contribution in [-0.2, 0) is 13.2 Å². The molecule has 0 aliphatic heterocycles. The van der Waals surface area contributed by atoms with Gasteiger partial charge in [-0.25, -0.2) is 0 Å². The zero-order valence-electron chi connectivity index (χ0n) is 11.1. The number of amides is 1. The normalized spacial score (nSPS) is 11.5. The van der Waals surface area contributed by atoms with Gasteiger partial charge in [0.25, 0.3) is 5.91 Å². The average molecular weight is 362 g/mol. The molecular weight excluding hydrogens is 351 g/mol. The second kappa shape index (κ2) is 5.51. The second-order valence-electron chi connectivity index (χ2n) is 4.44. The van der Waals surface area contributed by atoms with Gasteiger partial charge < -0.3 is 5.32 Å². The first-order valence-electron chi connectivity index (χ1n) is 5.87. The number of hydrogen-bond acceptors (Lipinski definition) is 2. The Hall–Kier alpha value is -1.83. The SMILES string of the molecule is Cc1nn(C)cc1NC(=O)c1ccc(Br)cc1C(F)(F)F. The van der Waals surface area contributed by atoms with Crippen molar-refractivity contribution in [3.8, 4) is 0 Å². The first kappa shape index (κ1) is 15.6. The summed E-state index contributed by atoms with van der Waals surface area (Å²) in [5, 5.41) is 6.46. The molecule has 8 heteroatoms. The first-order valence-corrected chi connectivity index (χ1v) is 6.66. The molecule has 4 nitrogen and oxygen atoms in total. The van der Waals surface area contributed by atoms with E-state index in [-0.39, 0.29) is 4.47 Å². The average Bonchev–Trinajstić information content (AvgIpc) is 2.66. The highest BCUT2D eigenvalue weighted by Crippen LogP contribution is 2.34. The van der Waals surface area contributed by atoms with Crippen LogP contribution in [-0.4, -0.2) is 15.7 Å². The monoisotopic (exact) mass is 361 g/mol. The van der Waals surface area contributed by atoms with Crippen LogP contribution >= 0.6 is 15.9 Å². The molecule has 0 saturated carbocycles. The summed E-state index contributed by atoms with van der Waals surface area (Å²) in [5.41, 5.74) is -0.528. The third-order valence-electron chi connectivity index (χ3n) is 2.79. The molecule has 1 aromatic carbocycles. The van der Waals surface area contributed by atoms with Crippen LogP contribution in [0.15, 0.2) is 28.9 Å². The lowest BCUT2D eigenvalue weighted by atomic mass is 10.1. The van der Waals surface area contributed by atoms with E-state index in [4.69, 9.17) is 0 Å². The summed E-state index contributed by atoms with van der Waals surface area (Å²) in [5.74, 6) is -0.828. The van der Waals surface area contributed by atoms with E-state index in [0.29, 0.717) is 11.4 Å². The number of carbonyl (C=O) groups is 1. The fraction of sp³-hybridized carbons (Fsp3) is 0.231. The number of hydrogen-bond donors (Lipinski definition) is 1. The Morgan fingerprint density at radius 3 is 2.57 bits per heavy atom. The molecule has 21 heavy (non-hydrogen) atoms. The summed E-state index contributed by atoms with van der Waals surface area (Å²) in [7, 11) is 1.66. The van der Waals surface area contributed by atoms with Crippen LogP contribution in [0.3, 0.4) is 0 Å². The van der Waals surface area contributed by atoms with Gasteiger partial charge >= 0.3 is 6.18 Å². The smallest absolute Gasteiger partial charge is 0.319 e. The van der Waals surface area contributed by atoms with Gasteiger partial charge in [0.15, 0.2) is 0 Å². The minimum Gasteiger partial charge on any atom is -0.319 e. The molecule has 0 bridgehead atoms. The Kier molecular flexibility index (Phi) is 4.08. The lowest BCUT2D eigenvalue weighted by molar-refractivity contribution is -0.137. The molecule has 1 amide bonds. The van der Waals surface area contributed by atoms with Gasteiger partial charge in [-0.3, -0.25) is 9.48 Å². The van der Waals surface area contributed by atoms with Gasteiger partial charge in [0.1, 0.15) is 0 Å². The van der Waals surface area contributed by atoms with E-state index >= 15 is 0 Å². The fourth-order valence-electron chi connectivity index (χ4n) is 1.86. The van der Waals surface area contributed by atoms with Crippen molar-refractivity contribution in [3.63, 3.8) is 0 Å². The van der Waals surface area contributed by atoms with Gasteiger partial charge in [0.05, 0.1) is 22.5 Å². The maximum absolute atomic E-state index is 13.0. The van der Waals surface area contributed by atoms with E-state index < -0.39 is 23.2 Å². The van der Waals surface area contributed by atoms with Crippen LogP contribution in [0.2, 0.25) is 0 Å². The van der Waals surface area contributed by atoms with E-state index in [2.05, 4.69) is 26.3 Å². The zero-order valence-corrected chi connectivity index (χ0v) is 12.7. The molecular formula is C13H11BrF3N3O. The summed E-state index contributed by atoms with van der Waals surface area (Å²) < 4.78 is 40.7. The Labute approximate surface area is 127 Å². The van der Waals surface area contributed by atoms with Gasteiger partial charge in [0.2, 0.25) is 0 Å². The van der Waals surface area contributed by atoms with E-state index in [1.807, 2.05) is 0 Å². The Bertz CT molecular complexity index is 694. The highest BCUT2D eigenvalue weighted by Gasteiger charge is 2.35. The van der Waals surface area contributed by atoms with E-state index in [0.717, 1.165) is 12.1 Å². The number of aromatic nitrogens is 2. The van der Waals surface area contributed by atoms with Crippen molar-refractivity contribution in [1.82, 2.24) is 9.78 Å². The van der Waals surface area contributed by atoms with Crippen molar-refractivity contribution >= 4 is 27.5 Å². The summed E-state index contributed by atoms with van der Waals surface area (Å²) in [6.45, 7) is 1.65. The number of nitrogens with one attached hydrogen (secondary N) is 1. The number of carbonyl (C=O) groups excluding carboxylic acids is 1. The largest absolute Gasteiger partial charge is 0.417 e. The number of alkyl halides is 3. The highest BCUT2D eigenvalue weighted by atomic mass is 79.9. The zero-order chi connectivity index (χ0) is 15.8. The maximum atomic E-state index is 13.0. The third kappa shape index (κ3) is 3.44. The fourth-order valence-corrected chi connectivity index (χ4v) is 2.22. The molecule has 0 saturated heterocycles. The molecule has 0 radical (unpaired) electrons. The second-order valence-corrected chi connectivity index (χ2v) is 5.36. The van der Waals surface area contributed by atoms with Gasteiger partial charge in [-0.2, -0.15) is 18.3 Å². The van der Waals surface area contributed by atoms with Gasteiger partial charge in [-0.05, 0) is 25.1 Å². The molecule has 0 unspecified atom stereocenters. The Morgan fingerprint density at radius 2 is 2.05 bits per heavy atom.